The van der Waals surface area contributed by atoms with Crippen LogP contribution in [-0.4, -0.2) is 33.9 Å². The molecule has 4 rings (SSSR count). The molecule has 0 fully saturated rings. The Hall–Kier alpha value is -3.41. The first-order valence-electron chi connectivity index (χ1n) is 8.80. The van der Waals surface area contributed by atoms with E-state index < -0.39 is 0 Å². The number of imidazole rings is 1. The molecule has 0 bridgehead atoms. The smallest absolute Gasteiger partial charge is 0.253 e. The lowest BCUT2D eigenvalue weighted by Gasteiger charge is -2.09. The van der Waals surface area contributed by atoms with Crippen LogP contribution >= 0.6 is 0 Å². The van der Waals surface area contributed by atoms with Gasteiger partial charge >= 0.3 is 0 Å². The number of aromatic nitrogens is 3. The lowest BCUT2D eigenvalue weighted by molar-refractivity contribution is 0.0953. The molecule has 6 heteroatoms. The molecule has 0 spiro atoms. The fourth-order valence-electron chi connectivity index (χ4n) is 3.11. The van der Waals surface area contributed by atoms with Crippen molar-refractivity contribution in [1.29, 1.82) is 0 Å². The van der Waals surface area contributed by atoms with Crippen LogP contribution < -0.4 is 10.1 Å². The molecule has 0 aliphatic rings. The summed E-state index contributed by atoms with van der Waals surface area (Å²) in [6.45, 7) is 2.36. The van der Waals surface area contributed by atoms with Crippen molar-refractivity contribution < 1.29 is 9.53 Å². The van der Waals surface area contributed by atoms with Gasteiger partial charge in [-0.25, -0.2) is 4.98 Å². The molecule has 1 N–H and O–H groups in total. The lowest BCUT2D eigenvalue weighted by Crippen LogP contribution is -2.26. The summed E-state index contributed by atoms with van der Waals surface area (Å²) < 4.78 is 7.20. The van der Waals surface area contributed by atoms with E-state index in [0.29, 0.717) is 24.2 Å². The summed E-state index contributed by atoms with van der Waals surface area (Å²) >= 11 is 0. The van der Waals surface area contributed by atoms with Gasteiger partial charge in [-0.3, -0.25) is 9.78 Å². The van der Waals surface area contributed by atoms with E-state index in [1.165, 1.54) is 0 Å². The van der Waals surface area contributed by atoms with E-state index in [-0.39, 0.29) is 5.91 Å². The van der Waals surface area contributed by atoms with Crippen molar-refractivity contribution in [3.05, 3.63) is 71.8 Å². The van der Waals surface area contributed by atoms with Crippen molar-refractivity contribution in [1.82, 2.24) is 19.7 Å². The number of pyridine rings is 2. The van der Waals surface area contributed by atoms with Gasteiger partial charge in [-0.1, -0.05) is 6.07 Å². The highest BCUT2D eigenvalue weighted by Gasteiger charge is 2.12. The third-order valence-electron chi connectivity index (χ3n) is 4.54. The molecule has 0 unspecified atom stereocenters. The first kappa shape index (κ1) is 17.0. The lowest BCUT2D eigenvalue weighted by atomic mass is 10.1. The molecular formula is C21H20N4O2. The Labute approximate surface area is 156 Å². The van der Waals surface area contributed by atoms with Crippen molar-refractivity contribution in [2.75, 3.05) is 13.7 Å². The largest absolute Gasteiger partial charge is 0.497 e. The van der Waals surface area contributed by atoms with Crippen LogP contribution in [-0.2, 0) is 6.42 Å². The van der Waals surface area contributed by atoms with E-state index in [1.807, 2.05) is 66.2 Å². The Bertz CT molecular complexity index is 1100. The summed E-state index contributed by atoms with van der Waals surface area (Å²) in [4.78, 5) is 21.7. The maximum atomic E-state index is 12.6. The second kappa shape index (κ2) is 7.07. The van der Waals surface area contributed by atoms with Crippen LogP contribution in [0.15, 0.2) is 54.9 Å². The van der Waals surface area contributed by atoms with E-state index in [1.54, 1.807) is 7.11 Å². The number of aryl methyl sites for hydroxylation is 1. The molecule has 1 aromatic carbocycles. The first-order chi connectivity index (χ1) is 13.1. The minimum absolute atomic E-state index is 0.124. The molecule has 0 atom stereocenters. The minimum atomic E-state index is -0.124. The number of benzene rings is 1. The number of ether oxygens (including phenoxy) is 1. The molecule has 3 aromatic heterocycles. The number of methoxy groups -OCH3 is 1. The molecular weight excluding hydrogens is 340 g/mol. The van der Waals surface area contributed by atoms with Gasteiger partial charge in [-0.05, 0) is 37.3 Å². The number of nitrogens with one attached hydrogen (secondary N) is 1. The summed E-state index contributed by atoms with van der Waals surface area (Å²) in [7, 11) is 1.62. The van der Waals surface area contributed by atoms with Crippen molar-refractivity contribution >= 4 is 22.5 Å². The summed E-state index contributed by atoms with van der Waals surface area (Å²) in [6.07, 6.45) is 4.62. The van der Waals surface area contributed by atoms with E-state index >= 15 is 0 Å². The SMILES string of the molecule is COc1ccc2cc(C(=O)NCCc3cn4ccccc4n3)c(C)nc2c1. The summed E-state index contributed by atoms with van der Waals surface area (Å²) in [5.74, 6) is 0.625. The zero-order valence-electron chi connectivity index (χ0n) is 15.3. The Morgan fingerprint density at radius 2 is 2.07 bits per heavy atom. The van der Waals surface area contributed by atoms with Crippen molar-refractivity contribution in [2.24, 2.45) is 0 Å². The average Bonchev–Trinajstić information content (AvgIpc) is 3.09. The number of carbonyl (C=O) groups excluding carboxylic acids is 1. The molecule has 136 valence electrons. The number of carbonyl (C=O) groups is 1. The summed E-state index contributed by atoms with van der Waals surface area (Å²) in [6, 6.07) is 13.4. The Kier molecular flexibility index (Phi) is 4.46. The van der Waals surface area contributed by atoms with Gasteiger partial charge in [0.1, 0.15) is 11.4 Å². The molecule has 3 heterocycles. The van der Waals surface area contributed by atoms with Crippen LogP contribution in [0.1, 0.15) is 21.7 Å². The number of nitrogens with zero attached hydrogens (tertiary/aromatic N) is 3. The number of hydrogen-bond acceptors (Lipinski definition) is 4. The van der Waals surface area contributed by atoms with Crippen LogP contribution in [0.4, 0.5) is 0 Å². The van der Waals surface area contributed by atoms with Gasteiger partial charge in [0.2, 0.25) is 0 Å². The van der Waals surface area contributed by atoms with Gasteiger partial charge in [-0.15, -0.1) is 0 Å². The quantitative estimate of drug-likeness (QED) is 0.594. The topological polar surface area (TPSA) is 68.5 Å². The van der Waals surface area contributed by atoms with Crippen LogP contribution in [0.3, 0.4) is 0 Å². The van der Waals surface area contributed by atoms with Crippen LogP contribution in [0.5, 0.6) is 5.75 Å². The molecule has 27 heavy (non-hydrogen) atoms. The zero-order valence-corrected chi connectivity index (χ0v) is 15.3. The fraction of sp³-hybridized carbons (Fsp3) is 0.190. The molecule has 4 aromatic rings. The molecule has 1 amide bonds. The predicted molar refractivity (Wildman–Crippen MR) is 104 cm³/mol. The highest BCUT2D eigenvalue weighted by atomic mass is 16.5. The number of fused-ring (bicyclic) bond motifs is 2. The monoisotopic (exact) mass is 360 g/mol. The van der Waals surface area contributed by atoms with Crippen LogP contribution in [0.25, 0.3) is 16.6 Å². The fourth-order valence-corrected chi connectivity index (χ4v) is 3.11. The standard InChI is InChI=1S/C21H20N4O2/c1-14-18(11-15-6-7-17(27-2)12-19(15)23-14)21(26)22-9-8-16-13-25-10-4-3-5-20(25)24-16/h3-7,10-13H,8-9H2,1-2H3,(H,22,26). The van der Waals surface area contributed by atoms with Gasteiger partial charge < -0.3 is 14.5 Å². The molecule has 0 saturated heterocycles. The third-order valence-corrected chi connectivity index (χ3v) is 4.54. The Morgan fingerprint density at radius 1 is 1.19 bits per heavy atom. The van der Waals surface area contributed by atoms with Gasteiger partial charge in [0, 0.05) is 36.8 Å². The zero-order chi connectivity index (χ0) is 18.8. The second-order valence-electron chi connectivity index (χ2n) is 6.38. The van der Waals surface area contributed by atoms with Gasteiger partial charge in [0.05, 0.1) is 29.6 Å². The van der Waals surface area contributed by atoms with Crippen molar-refractivity contribution in [3.63, 3.8) is 0 Å². The normalized spacial score (nSPS) is 11.0. The highest BCUT2D eigenvalue weighted by molar-refractivity contribution is 5.98. The molecule has 6 nitrogen and oxygen atoms in total. The second-order valence-corrected chi connectivity index (χ2v) is 6.38. The summed E-state index contributed by atoms with van der Waals surface area (Å²) in [5.41, 5.74) is 3.95. The van der Waals surface area contributed by atoms with Crippen LogP contribution in [0.2, 0.25) is 0 Å². The van der Waals surface area contributed by atoms with E-state index in [2.05, 4.69) is 15.3 Å². The number of hydrogen-bond donors (Lipinski definition) is 1. The third kappa shape index (κ3) is 3.46. The van der Waals surface area contributed by atoms with E-state index in [9.17, 15) is 4.79 Å². The average molecular weight is 360 g/mol. The number of rotatable bonds is 5. The Morgan fingerprint density at radius 3 is 2.89 bits per heavy atom. The number of amides is 1. The molecule has 0 saturated carbocycles. The summed E-state index contributed by atoms with van der Waals surface area (Å²) in [5, 5.41) is 3.88. The minimum Gasteiger partial charge on any atom is -0.497 e. The van der Waals surface area contributed by atoms with Gasteiger partial charge in [-0.2, -0.15) is 0 Å². The maximum Gasteiger partial charge on any atom is 0.253 e. The first-order valence-corrected chi connectivity index (χ1v) is 8.80. The molecule has 0 radical (unpaired) electrons. The van der Waals surface area contributed by atoms with Gasteiger partial charge in [0.25, 0.3) is 5.91 Å². The maximum absolute atomic E-state index is 12.6. The van der Waals surface area contributed by atoms with Crippen molar-refractivity contribution in [2.45, 2.75) is 13.3 Å². The van der Waals surface area contributed by atoms with Crippen molar-refractivity contribution in [3.8, 4) is 5.75 Å². The van der Waals surface area contributed by atoms with Gasteiger partial charge in [0.15, 0.2) is 0 Å². The molecule has 0 aliphatic carbocycles. The van der Waals surface area contributed by atoms with Crippen LogP contribution in [0, 0.1) is 6.92 Å². The predicted octanol–water partition coefficient (Wildman–Crippen LogP) is 3.17. The van der Waals surface area contributed by atoms with E-state index in [0.717, 1.165) is 28.0 Å². The molecule has 0 aliphatic heterocycles. The van der Waals surface area contributed by atoms with E-state index in [4.69, 9.17) is 4.74 Å². The Balaban J connectivity index is 1.46. The highest BCUT2D eigenvalue weighted by Crippen LogP contribution is 2.21.